The molecule has 0 bridgehead atoms. The van der Waals surface area contributed by atoms with Crippen LogP contribution < -0.4 is 10.6 Å². The first-order valence-electron chi connectivity index (χ1n) is 13.9. The fourth-order valence-corrected chi connectivity index (χ4v) is 4.11. The van der Waals surface area contributed by atoms with Gasteiger partial charge in [0, 0.05) is 37.6 Å². The molecule has 14 heteroatoms. The summed E-state index contributed by atoms with van der Waals surface area (Å²) in [4.78, 5) is 77.4. The Morgan fingerprint density at radius 3 is 2.36 bits per heavy atom. The van der Waals surface area contributed by atoms with Crippen LogP contribution in [0.5, 0.6) is 0 Å². The lowest BCUT2D eigenvalue weighted by molar-refractivity contribution is -0.157. The first-order valence-corrected chi connectivity index (χ1v) is 13.9. The van der Waals surface area contributed by atoms with E-state index in [2.05, 4.69) is 20.6 Å². The van der Waals surface area contributed by atoms with Gasteiger partial charge < -0.3 is 30.2 Å². The molecule has 2 heterocycles. The number of benzene rings is 1. The second-order valence-corrected chi connectivity index (χ2v) is 9.47. The van der Waals surface area contributed by atoms with Crippen LogP contribution in [-0.4, -0.2) is 93.7 Å². The van der Waals surface area contributed by atoms with E-state index in [0.717, 1.165) is 6.42 Å². The SMILES string of the molecule is CCCCC(=O)Nc1cc(C(=O)N[C@@H](CCC(=O)O)C(=O)N2CCN(OC(=O)OCC)CC2)nc(-c2ccccc2)n1. The third-order valence-electron chi connectivity index (χ3n) is 6.28. The van der Waals surface area contributed by atoms with Gasteiger partial charge >= 0.3 is 12.1 Å². The molecule has 1 aliphatic heterocycles. The van der Waals surface area contributed by atoms with Crippen molar-refractivity contribution >= 4 is 35.7 Å². The van der Waals surface area contributed by atoms with Gasteiger partial charge in [-0.25, -0.2) is 14.8 Å². The summed E-state index contributed by atoms with van der Waals surface area (Å²) in [5.74, 6) is -2.28. The van der Waals surface area contributed by atoms with Gasteiger partial charge in [-0.1, -0.05) is 43.7 Å². The lowest BCUT2D eigenvalue weighted by Crippen LogP contribution is -2.55. The second kappa shape index (κ2) is 16.0. The first kappa shape index (κ1) is 31.9. The van der Waals surface area contributed by atoms with Gasteiger partial charge in [0.05, 0.1) is 19.7 Å². The zero-order chi connectivity index (χ0) is 30.5. The number of ether oxygens (including phenoxy) is 1. The summed E-state index contributed by atoms with van der Waals surface area (Å²) in [5.41, 5.74) is 0.507. The van der Waals surface area contributed by atoms with E-state index in [1.807, 2.05) is 13.0 Å². The highest BCUT2D eigenvalue weighted by atomic mass is 16.8. The van der Waals surface area contributed by atoms with E-state index in [-0.39, 0.29) is 75.3 Å². The Bertz CT molecular complexity index is 1250. The van der Waals surface area contributed by atoms with E-state index < -0.39 is 30.0 Å². The normalized spacial score (nSPS) is 14.0. The predicted molar refractivity (Wildman–Crippen MR) is 150 cm³/mol. The van der Waals surface area contributed by atoms with Crippen LogP contribution in [0.25, 0.3) is 11.4 Å². The van der Waals surface area contributed by atoms with E-state index in [1.54, 1.807) is 31.2 Å². The van der Waals surface area contributed by atoms with Crippen LogP contribution in [-0.2, 0) is 24.0 Å². The van der Waals surface area contributed by atoms with E-state index in [1.165, 1.54) is 16.0 Å². The highest BCUT2D eigenvalue weighted by Crippen LogP contribution is 2.19. The lowest BCUT2D eigenvalue weighted by Gasteiger charge is -2.35. The van der Waals surface area contributed by atoms with Gasteiger partial charge in [0.1, 0.15) is 17.6 Å². The molecule has 1 saturated heterocycles. The van der Waals surface area contributed by atoms with Gasteiger partial charge in [-0.2, -0.15) is 0 Å². The number of aromatic nitrogens is 2. The summed E-state index contributed by atoms with van der Waals surface area (Å²) < 4.78 is 4.76. The number of anilines is 1. The number of nitrogens with zero attached hydrogens (tertiary/aromatic N) is 4. The molecule has 0 unspecified atom stereocenters. The van der Waals surface area contributed by atoms with Gasteiger partial charge in [-0.15, -0.1) is 5.06 Å². The maximum Gasteiger partial charge on any atom is 0.527 e. The number of piperazine rings is 1. The number of hydroxylamine groups is 2. The predicted octanol–water partition coefficient (Wildman–Crippen LogP) is 2.47. The van der Waals surface area contributed by atoms with Crippen molar-refractivity contribution in [1.29, 1.82) is 0 Å². The molecule has 226 valence electrons. The molecule has 2 aromatic rings. The van der Waals surface area contributed by atoms with Crippen molar-refractivity contribution in [3.05, 3.63) is 42.1 Å². The number of carbonyl (C=O) groups excluding carboxylic acids is 4. The Morgan fingerprint density at radius 1 is 1.00 bits per heavy atom. The Labute approximate surface area is 243 Å². The average molecular weight is 585 g/mol. The summed E-state index contributed by atoms with van der Waals surface area (Å²) in [7, 11) is 0. The number of rotatable bonds is 13. The monoisotopic (exact) mass is 584 g/mol. The van der Waals surface area contributed by atoms with Gasteiger partial charge in [0.25, 0.3) is 5.91 Å². The molecule has 3 amide bonds. The molecule has 3 rings (SSSR count). The molecule has 1 aliphatic rings. The molecule has 42 heavy (non-hydrogen) atoms. The smallest absolute Gasteiger partial charge is 0.481 e. The minimum Gasteiger partial charge on any atom is -0.481 e. The van der Waals surface area contributed by atoms with E-state index >= 15 is 0 Å². The van der Waals surface area contributed by atoms with Crippen LogP contribution in [0.4, 0.5) is 10.6 Å². The fourth-order valence-electron chi connectivity index (χ4n) is 4.11. The second-order valence-electron chi connectivity index (χ2n) is 9.47. The van der Waals surface area contributed by atoms with Gasteiger partial charge in [-0.05, 0) is 19.8 Å². The van der Waals surface area contributed by atoms with Crippen molar-refractivity contribution in [3.8, 4) is 11.4 Å². The van der Waals surface area contributed by atoms with Crippen LogP contribution in [0.3, 0.4) is 0 Å². The standard InChI is InChI=1S/C28H36N6O8/c1-3-5-11-23(35)31-22-18-21(29-25(32-22)19-9-7-6-8-10-19)26(38)30-20(12-13-24(36)37)27(39)33-14-16-34(17-15-33)42-28(40)41-4-2/h6-10,18,20H,3-5,11-17H2,1-2H3,(H,30,38)(H,36,37)(H,29,31,32,35)/t20-/m0/s1. The van der Waals surface area contributed by atoms with Crippen molar-refractivity contribution < 1.29 is 38.7 Å². The average Bonchev–Trinajstić information content (AvgIpc) is 2.98. The molecule has 1 aromatic carbocycles. The highest BCUT2D eigenvalue weighted by molar-refractivity contribution is 5.98. The number of aliphatic carboxylic acids is 1. The Morgan fingerprint density at radius 2 is 1.71 bits per heavy atom. The summed E-state index contributed by atoms with van der Waals surface area (Å²) in [6.45, 7) is 4.54. The number of hydrogen-bond acceptors (Lipinski definition) is 10. The number of nitrogens with one attached hydrogen (secondary N) is 2. The Hall–Kier alpha value is -4.59. The number of carboxylic acids is 1. The molecule has 14 nitrogen and oxygen atoms in total. The largest absolute Gasteiger partial charge is 0.527 e. The van der Waals surface area contributed by atoms with Gasteiger partial charge in [-0.3, -0.25) is 19.2 Å². The van der Waals surface area contributed by atoms with Crippen LogP contribution in [0.15, 0.2) is 36.4 Å². The summed E-state index contributed by atoms with van der Waals surface area (Å²) >= 11 is 0. The van der Waals surface area contributed by atoms with Crippen LogP contribution in [0, 0.1) is 0 Å². The molecule has 0 saturated carbocycles. The van der Waals surface area contributed by atoms with Crippen molar-refractivity contribution in [3.63, 3.8) is 0 Å². The maximum absolute atomic E-state index is 13.4. The zero-order valence-corrected chi connectivity index (χ0v) is 23.7. The quantitative estimate of drug-likeness (QED) is 0.294. The molecule has 1 aromatic heterocycles. The van der Waals surface area contributed by atoms with E-state index in [0.29, 0.717) is 12.0 Å². The lowest BCUT2D eigenvalue weighted by atomic mass is 10.1. The van der Waals surface area contributed by atoms with Crippen LogP contribution >= 0.6 is 0 Å². The minimum absolute atomic E-state index is 0.101. The first-order chi connectivity index (χ1) is 20.2. The van der Waals surface area contributed by atoms with E-state index in [4.69, 9.17) is 9.57 Å². The molecule has 0 radical (unpaired) electrons. The summed E-state index contributed by atoms with van der Waals surface area (Å²) in [6, 6.07) is 9.04. The summed E-state index contributed by atoms with van der Waals surface area (Å²) in [6.07, 6.45) is 0.444. The number of unbranched alkanes of at least 4 members (excludes halogenated alkanes) is 1. The number of carboxylic acid groups (broad SMARTS) is 1. The highest BCUT2D eigenvalue weighted by Gasteiger charge is 2.31. The molecule has 0 aliphatic carbocycles. The van der Waals surface area contributed by atoms with Crippen molar-refractivity contribution in [2.75, 3.05) is 38.1 Å². The number of amides is 3. The van der Waals surface area contributed by atoms with Crippen LogP contribution in [0.2, 0.25) is 0 Å². The molecule has 3 N–H and O–H groups in total. The Balaban J connectivity index is 1.78. The third kappa shape index (κ3) is 9.80. The maximum atomic E-state index is 13.4. The van der Waals surface area contributed by atoms with Crippen molar-refractivity contribution in [2.45, 2.75) is 52.0 Å². The van der Waals surface area contributed by atoms with Gasteiger partial charge in [0.15, 0.2) is 5.82 Å². The number of carbonyl (C=O) groups is 5. The van der Waals surface area contributed by atoms with Crippen LogP contribution in [0.1, 0.15) is 56.4 Å². The molecule has 1 atom stereocenters. The van der Waals surface area contributed by atoms with Crippen molar-refractivity contribution in [1.82, 2.24) is 25.2 Å². The molecule has 1 fully saturated rings. The van der Waals surface area contributed by atoms with E-state index in [9.17, 15) is 29.1 Å². The van der Waals surface area contributed by atoms with Crippen molar-refractivity contribution in [2.24, 2.45) is 0 Å². The number of hydrogen-bond donors (Lipinski definition) is 3. The minimum atomic E-state index is -1.16. The molecule has 0 spiro atoms. The topological polar surface area (TPSA) is 180 Å². The summed E-state index contributed by atoms with van der Waals surface area (Å²) in [5, 5.41) is 15.9. The third-order valence-corrected chi connectivity index (χ3v) is 6.28. The Kier molecular flexibility index (Phi) is 12.2. The molecular formula is C28H36N6O8. The zero-order valence-electron chi connectivity index (χ0n) is 23.7. The molecular weight excluding hydrogens is 548 g/mol. The van der Waals surface area contributed by atoms with Gasteiger partial charge in [0.2, 0.25) is 11.8 Å². The fraction of sp³-hybridized carbons (Fsp3) is 0.464.